The van der Waals surface area contributed by atoms with Gasteiger partial charge < -0.3 is 10.2 Å². The number of carbonyl (C=O) groups excluding carboxylic acids is 2. The van der Waals surface area contributed by atoms with Gasteiger partial charge in [0, 0.05) is 43.3 Å². The molecule has 1 saturated heterocycles. The lowest BCUT2D eigenvalue weighted by atomic mass is 9.73. The van der Waals surface area contributed by atoms with Gasteiger partial charge in [-0.15, -0.1) is 0 Å². The summed E-state index contributed by atoms with van der Waals surface area (Å²) in [5.41, 5.74) is 2.05. The summed E-state index contributed by atoms with van der Waals surface area (Å²) < 4.78 is 15.9. The first-order valence-corrected chi connectivity index (χ1v) is 11.9. The highest BCUT2D eigenvalue weighted by atomic mass is 19.1. The third kappa shape index (κ3) is 4.02. The smallest absolute Gasteiger partial charge is 0.270 e. The minimum Gasteiger partial charge on any atom is -0.347 e. The van der Waals surface area contributed by atoms with Gasteiger partial charge in [0.15, 0.2) is 0 Å². The summed E-state index contributed by atoms with van der Waals surface area (Å²) >= 11 is 0. The predicted molar refractivity (Wildman–Crippen MR) is 131 cm³/mol. The Morgan fingerprint density at radius 3 is 2.64 bits per heavy atom. The third-order valence-corrected chi connectivity index (χ3v) is 7.47. The van der Waals surface area contributed by atoms with Gasteiger partial charge in [0.25, 0.3) is 5.91 Å². The van der Waals surface area contributed by atoms with Crippen molar-refractivity contribution in [3.8, 4) is 17.2 Å². The quantitative estimate of drug-likeness (QED) is 0.569. The molecule has 184 valence electrons. The normalized spacial score (nSPS) is 20.3. The molecule has 2 amide bonds. The van der Waals surface area contributed by atoms with E-state index in [9.17, 15) is 19.2 Å². The summed E-state index contributed by atoms with van der Waals surface area (Å²) in [5, 5.41) is 16.8. The topological polar surface area (TPSA) is 104 Å². The van der Waals surface area contributed by atoms with Crippen LogP contribution in [0.3, 0.4) is 0 Å². The average Bonchev–Trinajstić information content (AvgIpc) is 3.29. The first-order chi connectivity index (χ1) is 17.1. The number of aromatic nitrogens is 3. The van der Waals surface area contributed by atoms with Gasteiger partial charge in [-0.2, -0.15) is 10.4 Å². The van der Waals surface area contributed by atoms with E-state index in [-0.39, 0.29) is 23.6 Å². The fraction of sp³-hybridized carbons (Fsp3) is 0.370. The second kappa shape index (κ2) is 8.55. The molecule has 1 unspecified atom stereocenters. The molecule has 3 heterocycles. The Hall–Kier alpha value is -4.06. The standard InChI is InChI=1S/C27H27FN6O2/c1-17-8-22(34-7-6-27(16-29,25(34)36)26(2)4-5-26)12-23(32-17)24(35)30-13-18-9-19(11-21(28)10-18)20-14-31-33(3)15-20/h8-12,14-15H,4-7,13H2,1-3H3,(H,30,35). The molecule has 2 aromatic heterocycles. The minimum atomic E-state index is -1.02. The number of hydrogen-bond acceptors (Lipinski definition) is 5. The number of pyridine rings is 1. The lowest BCUT2D eigenvalue weighted by Crippen LogP contribution is -2.39. The number of anilines is 1. The number of benzene rings is 1. The number of aryl methyl sites for hydroxylation is 2. The van der Waals surface area contributed by atoms with Gasteiger partial charge in [-0.1, -0.05) is 6.92 Å². The van der Waals surface area contributed by atoms with Crippen molar-refractivity contribution in [3.63, 3.8) is 0 Å². The van der Waals surface area contributed by atoms with Crippen molar-refractivity contribution < 1.29 is 14.0 Å². The molecule has 9 heteroatoms. The number of amides is 2. The van der Waals surface area contributed by atoms with E-state index in [4.69, 9.17) is 0 Å². The average molecular weight is 487 g/mol. The molecule has 0 radical (unpaired) electrons. The first-order valence-electron chi connectivity index (χ1n) is 11.9. The van der Waals surface area contributed by atoms with Crippen LogP contribution in [-0.4, -0.2) is 33.1 Å². The van der Waals surface area contributed by atoms with Crippen LogP contribution in [0.1, 0.15) is 47.9 Å². The molecule has 1 aliphatic heterocycles. The summed E-state index contributed by atoms with van der Waals surface area (Å²) in [6, 6.07) is 10.3. The largest absolute Gasteiger partial charge is 0.347 e. The van der Waals surface area contributed by atoms with Gasteiger partial charge in [-0.3, -0.25) is 14.3 Å². The maximum absolute atomic E-state index is 14.3. The molecule has 0 bridgehead atoms. The third-order valence-electron chi connectivity index (χ3n) is 7.47. The number of nitrogens with zero attached hydrogens (tertiary/aromatic N) is 5. The maximum atomic E-state index is 14.3. The van der Waals surface area contributed by atoms with Crippen LogP contribution in [0.15, 0.2) is 42.7 Å². The van der Waals surface area contributed by atoms with E-state index in [1.165, 1.54) is 12.1 Å². The minimum absolute atomic E-state index is 0.105. The Bertz CT molecular complexity index is 1420. The Labute approximate surface area is 208 Å². The van der Waals surface area contributed by atoms with Crippen LogP contribution >= 0.6 is 0 Å². The second-order valence-electron chi connectivity index (χ2n) is 10.1. The van der Waals surface area contributed by atoms with E-state index in [1.54, 1.807) is 54.1 Å². The van der Waals surface area contributed by atoms with Crippen LogP contribution in [0.5, 0.6) is 0 Å². The second-order valence-corrected chi connectivity index (χ2v) is 10.1. The number of hydrogen-bond donors (Lipinski definition) is 1. The summed E-state index contributed by atoms with van der Waals surface area (Å²) in [7, 11) is 1.79. The van der Waals surface area contributed by atoms with E-state index in [1.807, 2.05) is 6.92 Å². The monoisotopic (exact) mass is 486 g/mol. The van der Waals surface area contributed by atoms with E-state index in [0.717, 1.165) is 18.4 Å². The first kappa shape index (κ1) is 23.7. The van der Waals surface area contributed by atoms with Gasteiger partial charge in [-0.05, 0) is 73.1 Å². The zero-order valence-corrected chi connectivity index (χ0v) is 20.5. The summed E-state index contributed by atoms with van der Waals surface area (Å²) in [6.45, 7) is 4.29. The molecule has 1 atom stereocenters. The Kier molecular flexibility index (Phi) is 5.62. The fourth-order valence-corrected chi connectivity index (χ4v) is 5.06. The zero-order valence-electron chi connectivity index (χ0n) is 20.5. The van der Waals surface area contributed by atoms with Crippen molar-refractivity contribution in [3.05, 3.63) is 65.5 Å². The molecule has 5 rings (SSSR count). The van der Waals surface area contributed by atoms with Gasteiger partial charge in [0.2, 0.25) is 5.91 Å². The predicted octanol–water partition coefficient (Wildman–Crippen LogP) is 3.91. The van der Waals surface area contributed by atoms with Gasteiger partial charge in [-0.25, -0.2) is 9.37 Å². The molecule has 1 N–H and O–H groups in total. The van der Waals surface area contributed by atoms with Crippen LogP contribution in [0.25, 0.3) is 11.1 Å². The Balaban J connectivity index is 1.34. The van der Waals surface area contributed by atoms with E-state index in [2.05, 4.69) is 21.5 Å². The molecule has 2 aliphatic rings. The maximum Gasteiger partial charge on any atom is 0.270 e. The van der Waals surface area contributed by atoms with Crippen LogP contribution in [0, 0.1) is 34.9 Å². The van der Waals surface area contributed by atoms with Crippen molar-refractivity contribution in [2.75, 3.05) is 11.4 Å². The number of nitriles is 1. The van der Waals surface area contributed by atoms with E-state index < -0.39 is 17.1 Å². The fourth-order valence-electron chi connectivity index (χ4n) is 5.06. The highest BCUT2D eigenvalue weighted by Crippen LogP contribution is 2.62. The molecule has 3 aromatic rings. The van der Waals surface area contributed by atoms with Crippen molar-refractivity contribution in [1.82, 2.24) is 20.1 Å². The van der Waals surface area contributed by atoms with Crippen molar-refractivity contribution in [2.45, 2.75) is 39.7 Å². The van der Waals surface area contributed by atoms with E-state index >= 15 is 0 Å². The van der Waals surface area contributed by atoms with E-state index in [0.29, 0.717) is 35.5 Å². The van der Waals surface area contributed by atoms with Gasteiger partial charge >= 0.3 is 0 Å². The molecule has 1 aromatic carbocycles. The number of nitrogens with one attached hydrogen (secondary N) is 1. The Morgan fingerprint density at radius 2 is 1.97 bits per heavy atom. The van der Waals surface area contributed by atoms with Crippen molar-refractivity contribution >= 4 is 17.5 Å². The van der Waals surface area contributed by atoms with Crippen LogP contribution in [0.4, 0.5) is 10.1 Å². The van der Waals surface area contributed by atoms with Crippen molar-refractivity contribution in [1.29, 1.82) is 5.26 Å². The van der Waals surface area contributed by atoms with Crippen LogP contribution in [0.2, 0.25) is 0 Å². The zero-order chi connectivity index (χ0) is 25.7. The SMILES string of the molecule is Cc1cc(N2CCC(C#N)(C3(C)CC3)C2=O)cc(C(=O)NCc2cc(F)cc(-c3cnn(C)c3)c2)n1. The van der Waals surface area contributed by atoms with Crippen LogP contribution in [-0.2, 0) is 18.4 Å². The molecule has 0 spiro atoms. The molecular weight excluding hydrogens is 459 g/mol. The highest BCUT2D eigenvalue weighted by molar-refractivity contribution is 6.03. The molecule has 8 nitrogen and oxygen atoms in total. The van der Waals surface area contributed by atoms with Gasteiger partial charge in [0.1, 0.15) is 16.9 Å². The Morgan fingerprint density at radius 1 is 1.19 bits per heavy atom. The summed E-state index contributed by atoms with van der Waals surface area (Å²) in [6.07, 6.45) is 5.65. The van der Waals surface area contributed by atoms with Gasteiger partial charge in [0.05, 0.1) is 12.3 Å². The van der Waals surface area contributed by atoms with Crippen LogP contribution < -0.4 is 10.2 Å². The number of carbonyl (C=O) groups is 2. The lowest BCUT2D eigenvalue weighted by Gasteiger charge is -2.27. The highest BCUT2D eigenvalue weighted by Gasteiger charge is 2.64. The van der Waals surface area contributed by atoms with Crippen molar-refractivity contribution in [2.24, 2.45) is 17.9 Å². The molecule has 2 fully saturated rings. The molecule has 36 heavy (non-hydrogen) atoms. The molecular formula is C27H27FN6O2. The number of halogens is 1. The summed E-state index contributed by atoms with van der Waals surface area (Å²) in [4.78, 5) is 32.3. The summed E-state index contributed by atoms with van der Waals surface area (Å²) in [5.74, 6) is -1.04. The molecule has 1 aliphatic carbocycles. The lowest BCUT2D eigenvalue weighted by molar-refractivity contribution is -0.125. The molecule has 1 saturated carbocycles. The number of rotatable bonds is 6.